The molecule has 2 atom stereocenters. The Bertz CT molecular complexity index is 561. The molecule has 0 aromatic heterocycles. The summed E-state index contributed by atoms with van der Waals surface area (Å²) in [5, 5.41) is 0. The van der Waals surface area contributed by atoms with Crippen molar-refractivity contribution in [1.82, 2.24) is 0 Å². The molecule has 1 aliphatic rings. The fourth-order valence-corrected chi connectivity index (χ4v) is 3.06. The summed E-state index contributed by atoms with van der Waals surface area (Å²) in [4.78, 5) is 12.3. The zero-order valence-corrected chi connectivity index (χ0v) is 12.8. The first kappa shape index (κ1) is 14.6. The van der Waals surface area contributed by atoms with Gasteiger partial charge in [-0.15, -0.1) is 0 Å². The monoisotopic (exact) mass is 274 g/mol. The van der Waals surface area contributed by atoms with E-state index in [1.807, 2.05) is 26.0 Å². The van der Waals surface area contributed by atoms with Gasteiger partial charge in [-0.25, -0.2) is 0 Å². The zero-order chi connectivity index (χ0) is 15.0. The number of carbonyl (C=O) groups excluding carboxylic acids is 1. The van der Waals surface area contributed by atoms with Crippen LogP contribution in [-0.2, 0) is 14.9 Å². The number of hydrogen-bond acceptors (Lipinski definition) is 3. The van der Waals surface area contributed by atoms with Crippen LogP contribution in [-0.4, -0.2) is 20.2 Å². The molecule has 20 heavy (non-hydrogen) atoms. The number of rotatable bonds is 3. The Morgan fingerprint density at radius 3 is 2.55 bits per heavy atom. The van der Waals surface area contributed by atoms with Gasteiger partial charge in [0.1, 0.15) is 5.75 Å². The molecule has 0 saturated heterocycles. The highest BCUT2D eigenvalue weighted by atomic mass is 16.5. The quantitative estimate of drug-likeness (QED) is 0.626. The number of methoxy groups -OCH3 is 2. The average molecular weight is 274 g/mol. The second kappa shape index (κ2) is 4.97. The van der Waals surface area contributed by atoms with Gasteiger partial charge in [-0.05, 0) is 26.3 Å². The van der Waals surface area contributed by atoms with Crippen molar-refractivity contribution in [3.63, 3.8) is 0 Å². The lowest BCUT2D eigenvalue weighted by Gasteiger charge is -2.39. The van der Waals surface area contributed by atoms with Gasteiger partial charge in [0.05, 0.1) is 19.6 Å². The number of esters is 1. The molecule has 1 aromatic carbocycles. The number of hydrogen-bond donors (Lipinski definition) is 0. The Morgan fingerprint density at radius 2 is 1.95 bits per heavy atom. The highest BCUT2D eigenvalue weighted by Gasteiger charge is 2.53. The van der Waals surface area contributed by atoms with Crippen LogP contribution in [0.3, 0.4) is 0 Å². The van der Waals surface area contributed by atoms with Crippen LogP contribution in [0.1, 0.15) is 31.4 Å². The molecular formula is C17H22O3. The van der Waals surface area contributed by atoms with Crippen molar-refractivity contribution in [3.8, 4) is 5.75 Å². The lowest BCUT2D eigenvalue weighted by molar-refractivity contribution is -0.154. The highest BCUT2D eigenvalue weighted by molar-refractivity contribution is 5.81. The van der Waals surface area contributed by atoms with Crippen LogP contribution in [0, 0.1) is 12.3 Å². The van der Waals surface area contributed by atoms with Crippen LogP contribution in [0.5, 0.6) is 5.75 Å². The molecule has 0 spiro atoms. The minimum Gasteiger partial charge on any atom is -0.496 e. The summed E-state index contributed by atoms with van der Waals surface area (Å²) in [5.74, 6) is 0.619. The Morgan fingerprint density at radius 1 is 1.25 bits per heavy atom. The maximum atomic E-state index is 12.3. The fourth-order valence-electron chi connectivity index (χ4n) is 3.06. The van der Waals surface area contributed by atoms with E-state index in [0.29, 0.717) is 6.42 Å². The predicted molar refractivity (Wildman–Crippen MR) is 79.0 cm³/mol. The van der Waals surface area contributed by atoms with Crippen molar-refractivity contribution >= 4 is 5.97 Å². The second-order valence-electron chi connectivity index (χ2n) is 5.84. The van der Waals surface area contributed by atoms with Crippen molar-refractivity contribution in [2.24, 2.45) is 5.41 Å². The minimum absolute atomic E-state index is 0.187. The first-order valence-electron chi connectivity index (χ1n) is 6.80. The Hall–Kier alpha value is -1.77. The number of ether oxygens (including phenoxy) is 2. The SMILES string of the molecule is COC(=O)[C@]1(C)CC=C[C@@]1(C)c1cc(C)ccc1OC. The summed E-state index contributed by atoms with van der Waals surface area (Å²) >= 11 is 0. The van der Waals surface area contributed by atoms with Crippen LogP contribution in [0.4, 0.5) is 0 Å². The molecule has 0 radical (unpaired) electrons. The van der Waals surface area contributed by atoms with Gasteiger partial charge < -0.3 is 9.47 Å². The van der Waals surface area contributed by atoms with Crippen LogP contribution in [0.2, 0.25) is 0 Å². The van der Waals surface area contributed by atoms with Gasteiger partial charge in [0.25, 0.3) is 0 Å². The van der Waals surface area contributed by atoms with Crippen molar-refractivity contribution in [3.05, 3.63) is 41.5 Å². The molecule has 0 saturated carbocycles. The average Bonchev–Trinajstić information content (AvgIpc) is 2.76. The van der Waals surface area contributed by atoms with Gasteiger partial charge in [-0.2, -0.15) is 0 Å². The van der Waals surface area contributed by atoms with E-state index in [1.54, 1.807) is 7.11 Å². The van der Waals surface area contributed by atoms with Crippen molar-refractivity contribution < 1.29 is 14.3 Å². The first-order valence-corrected chi connectivity index (χ1v) is 6.80. The molecular weight excluding hydrogens is 252 g/mol. The lowest BCUT2D eigenvalue weighted by Crippen LogP contribution is -2.44. The van der Waals surface area contributed by atoms with Crippen LogP contribution in [0.25, 0.3) is 0 Å². The van der Waals surface area contributed by atoms with Gasteiger partial charge >= 0.3 is 5.97 Å². The molecule has 1 aromatic rings. The molecule has 0 aliphatic heterocycles. The summed E-state index contributed by atoms with van der Waals surface area (Å²) in [7, 11) is 3.10. The van der Waals surface area contributed by atoms with E-state index in [4.69, 9.17) is 9.47 Å². The van der Waals surface area contributed by atoms with Gasteiger partial charge in [0, 0.05) is 11.0 Å². The number of carbonyl (C=O) groups is 1. The third-order valence-electron chi connectivity index (χ3n) is 4.67. The van der Waals surface area contributed by atoms with Crippen molar-refractivity contribution in [2.75, 3.05) is 14.2 Å². The summed E-state index contributed by atoms with van der Waals surface area (Å²) in [6.07, 6.45) is 4.83. The predicted octanol–water partition coefficient (Wildman–Crippen LogP) is 3.40. The second-order valence-corrected chi connectivity index (χ2v) is 5.84. The molecule has 0 heterocycles. The number of aryl methyl sites for hydroxylation is 1. The van der Waals surface area contributed by atoms with Crippen LogP contribution >= 0.6 is 0 Å². The maximum absolute atomic E-state index is 12.3. The number of benzene rings is 1. The van der Waals surface area contributed by atoms with E-state index in [9.17, 15) is 4.79 Å². The molecule has 0 fully saturated rings. The fraction of sp³-hybridized carbons (Fsp3) is 0.471. The molecule has 2 rings (SSSR count). The van der Waals surface area contributed by atoms with E-state index in [1.165, 1.54) is 7.11 Å². The van der Waals surface area contributed by atoms with E-state index in [-0.39, 0.29) is 5.97 Å². The molecule has 0 N–H and O–H groups in total. The molecule has 0 unspecified atom stereocenters. The standard InChI is InChI=1S/C17H22O3/c1-12-7-8-14(19-4)13(11-12)16(2)9-6-10-17(16,3)15(18)20-5/h6-9,11H,10H2,1-5H3/t16-,17-/m0/s1. The summed E-state index contributed by atoms with van der Waals surface area (Å²) < 4.78 is 10.5. The summed E-state index contributed by atoms with van der Waals surface area (Å²) in [6.45, 7) is 6.08. The van der Waals surface area contributed by atoms with E-state index >= 15 is 0 Å². The third-order valence-corrected chi connectivity index (χ3v) is 4.67. The Labute approximate surface area is 120 Å². The topological polar surface area (TPSA) is 35.5 Å². The summed E-state index contributed by atoms with van der Waals surface area (Å²) in [6, 6.07) is 6.06. The zero-order valence-electron chi connectivity index (χ0n) is 12.8. The summed E-state index contributed by atoms with van der Waals surface area (Å²) in [5.41, 5.74) is 1.14. The Balaban J connectivity index is 2.62. The molecule has 3 nitrogen and oxygen atoms in total. The molecule has 0 amide bonds. The third kappa shape index (κ3) is 1.92. The molecule has 0 bridgehead atoms. The van der Waals surface area contributed by atoms with E-state index < -0.39 is 10.8 Å². The highest BCUT2D eigenvalue weighted by Crippen LogP contribution is 2.53. The lowest BCUT2D eigenvalue weighted by atomic mass is 9.63. The molecule has 108 valence electrons. The normalized spacial score (nSPS) is 28.4. The van der Waals surface area contributed by atoms with Gasteiger partial charge in [-0.1, -0.05) is 36.8 Å². The van der Waals surface area contributed by atoms with Gasteiger partial charge in [0.15, 0.2) is 0 Å². The largest absolute Gasteiger partial charge is 0.496 e. The molecule has 3 heteroatoms. The van der Waals surface area contributed by atoms with Crippen molar-refractivity contribution in [1.29, 1.82) is 0 Å². The van der Waals surface area contributed by atoms with E-state index in [2.05, 4.69) is 25.1 Å². The van der Waals surface area contributed by atoms with Gasteiger partial charge in [0.2, 0.25) is 0 Å². The first-order chi connectivity index (χ1) is 9.39. The van der Waals surface area contributed by atoms with Crippen LogP contribution < -0.4 is 4.74 Å². The maximum Gasteiger partial charge on any atom is 0.313 e. The molecule has 1 aliphatic carbocycles. The van der Waals surface area contributed by atoms with Crippen LogP contribution in [0.15, 0.2) is 30.4 Å². The Kier molecular flexibility index (Phi) is 3.63. The number of allylic oxidation sites excluding steroid dienone is 2. The minimum atomic E-state index is -0.608. The smallest absolute Gasteiger partial charge is 0.313 e. The van der Waals surface area contributed by atoms with Crippen molar-refractivity contribution in [2.45, 2.75) is 32.6 Å². The van der Waals surface area contributed by atoms with Gasteiger partial charge in [-0.3, -0.25) is 4.79 Å². The van der Waals surface area contributed by atoms with E-state index in [0.717, 1.165) is 16.9 Å².